The van der Waals surface area contributed by atoms with E-state index in [0.29, 0.717) is 0 Å². The second kappa shape index (κ2) is 3.96. The van der Waals surface area contributed by atoms with Gasteiger partial charge in [0.2, 0.25) is 0 Å². The van der Waals surface area contributed by atoms with Gasteiger partial charge in [-0.1, -0.05) is 18.2 Å². The van der Waals surface area contributed by atoms with Crippen molar-refractivity contribution in [3.63, 3.8) is 0 Å². The van der Waals surface area contributed by atoms with Gasteiger partial charge in [0.05, 0.1) is 11.6 Å². The second-order valence-corrected chi connectivity index (χ2v) is 5.66. The first kappa shape index (κ1) is 10.1. The molecule has 0 heterocycles. The molecule has 0 fully saturated rings. The van der Waals surface area contributed by atoms with Crippen molar-refractivity contribution in [3.8, 4) is 6.07 Å². The first-order valence-electron chi connectivity index (χ1n) is 4.73. The summed E-state index contributed by atoms with van der Waals surface area (Å²) in [5, 5.41) is 11.3. The zero-order valence-corrected chi connectivity index (χ0v) is 9.64. The Labute approximate surface area is 92.7 Å². The highest BCUT2D eigenvalue weighted by molar-refractivity contribution is 7.95. The number of hydrogen-bond acceptors (Lipinski definition) is 1. The molecule has 0 aliphatic heterocycles. The van der Waals surface area contributed by atoms with E-state index in [4.69, 9.17) is 5.26 Å². The SMILES string of the molecule is C[S+](C)c1ccc(C#N)c2ccccc12. The first-order chi connectivity index (χ1) is 7.24. The maximum absolute atomic E-state index is 9.02. The average molecular weight is 214 g/mol. The van der Waals surface area contributed by atoms with Crippen LogP contribution in [0.2, 0.25) is 0 Å². The Morgan fingerprint density at radius 1 is 1.00 bits per heavy atom. The summed E-state index contributed by atoms with van der Waals surface area (Å²) in [5.74, 6) is 0. The topological polar surface area (TPSA) is 23.8 Å². The van der Waals surface area contributed by atoms with Crippen molar-refractivity contribution < 1.29 is 0 Å². The highest BCUT2D eigenvalue weighted by Gasteiger charge is 2.14. The zero-order chi connectivity index (χ0) is 10.8. The van der Waals surface area contributed by atoms with Crippen LogP contribution in [-0.4, -0.2) is 12.5 Å². The van der Waals surface area contributed by atoms with Crippen molar-refractivity contribution in [3.05, 3.63) is 42.0 Å². The standard InChI is InChI=1S/C13H12NS/c1-15(2)13-8-7-10(9-14)11-5-3-4-6-12(11)13/h3-8H,1-2H3/q+1. The number of hydrogen-bond donors (Lipinski definition) is 0. The van der Waals surface area contributed by atoms with Gasteiger partial charge in [-0.25, -0.2) is 0 Å². The Morgan fingerprint density at radius 2 is 1.67 bits per heavy atom. The fraction of sp³-hybridized carbons (Fsp3) is 0.154. The molecule has 0 aromatic heterocycles. The first-order valence-corrected chi connectivity index (χ1v) is 6.77. The molecule has 2 rings (SSSR count). The Kier molecular flexibility index (Phi) is 2.66. The van der Waals surface area contributed by atoms with Gasteiger partial charge in [0, 0.05) is 21.7 Å². The van der Waals surface area contributed by atoms with E-state index in [9.17, 15) is 0 Å². The second-order valence-electron chi connectivity index (χ2n) is 3.59. The predicted octanol–water partition coefficient (Wildman–Crippen LogP) is 2.95. The van der Waals surface area contributed by atoms with Crippen LogP contribution in [0.15, 0.2) is 41.3 Å². The number of nitrogens with zero attached hydrogens (tertiary/aromatic N) is 1. The average Bonchev–Trinajstić information content (AvgIpc) is 2.27. The molecule has 1 nitrogen and oxygen atoms in total. The van der Waals surface area contributed by atoms with E-state index >= 15 is 0 Å². The largest absolute Gasteiger partial charge is 0.192 e. The summed E-state index contributed by atoms with van der Waals surface area (Å²) in [6.07, 6.45) is 4.40. The van der Waals surface area contributed by atoms with Gasteiger partial charge in [-0.3, -0.25) is 0 Å². The number of nitriles is 1. The molecule has 0 bridgehead atoms. The predicted molar refractivity (Wildman–Crippen MR) is 66.1 cm³/mol. The van der Waals surface area contributed by atoms with Crippen LogP contribution in [-0.2, 0) is 10.9 Å². The van der Waals surface area contributed by atoms with Crippen molar-refractivity contribution in [1.82, 2.24) is 0 Å². The van der Waals surface area contributed by atoms with E-state index in [0.717, 1.165) is 10.9 Å². The van der Waals surface area contributed by atoms with Crippen LogP contribution in [0.5, 0.6) is 0 Å². The molecule has 0 aliphatic carbocycles. The molecule has 74 valence electrons. The quantitative estimate of drug-likeness (QED) is 0.669. The van der Waals surface area contributed by atoms with Crippen LogP contribution in [0.3, 0.4) is 0 Å². The van der Waals surface area contributed by atoms with Gasteiger partial charge >= 0.3 is 0 Å². The Bertz CT molecular complexity index is 538. The molecule has 2 aromatic carbocycles. The summed E-state index contributed by atoms with van der Waals surface area (Å²) in [6, 6.07) is 14.4. The third-order valence-electron chi connectivity index (χ3n) is 2.44. The molecule has 0 unspecified atom stereocenters. The summed E-state index contributed by atoms with van der Waals surface area (Å²) in [7, 11) is 0.227. The van der Waals surface area contributed by atoms with E-state index in [-0.39, 0.29) is 10.9 Å². The summed E-state index contributed by atoms with van der Waals surface area (Å²) in [6.45, 7) is 0. The van der Waals surface area contributed by atoms with Crippen LogP contribution in [0.1, 0.15) is 5.56 Å². The third kappa shape index (κ3) is 1.71. The van der Waals surface area contributed by atoms with Gasteiger partial charge < -0.3 is 0 Å². The van der Waals surface area contributed by atoms with Crippen LogP contribution in [0.25, 0.3) is 10.8 Å². The smallest absolute Gasteiger partial charge is 0.162 e. The van der Waals surface area contributed by atoms with E-state index in [1.54, 1.807) is 0 Å². The van der Waals surface area contributed by atoms with Crippen molar-refractivity contribution in [2.45, 2.75) is 4.90 Å². The summed E-state index contributed by atoms with van der Waals surface area (Å²) >= 11 is 0. The molecular weight excluding hydrogens is 202 g/mol. The van der Waals surface area contributed by atoms with Gasteiger partial charge in [-0.15, -0.1) is 0 Å². The maximum atomic E-state index is 9.02. The molecule has 0 saturated heterocycles. The van der Waals surface area contributed by atoms with Crippen molar-refractivity contribution in [2.24, 2.45) is 0 Å². The van der Waals surface area contributed by atoms with Crippen molar-refractivity contribution in [1.29, 1.82) is 5.26 Å². The van der Waals surface area contributed by atoms with Gasteiger partial charge in [0.15, 0.2) is 4.90 Å². The maximum Gasteiger partial charge on any atom is 0.162 e. The number of fused-ring (bicyclic) bond motifs is 1. The molecule has 2 heteroatoms. The highest BCUT2D eigenvalue weighted by Crippen LogP contribution is 2.25. The number of benzene rings is 2. The zero-order valence-electron chi connectivity index (χ0n) is 8.82. The Balaban J connectivity index is 2.85. The lowest BCUT2D eigenvalue weighted by Crippen LogP contribution is -1.97. The minimum absolute atomic E-state index is 0.227. The fourth-order valence-corrected chi connectivity index (χ4v) is 2.68. The van der Waals surface area contributed by atoms with Crippen LogP contribution >= 0.6 is 0 Å². The van der Waals surface area contributed by atoms with E-state index in [1.165, 1.54) is 10.3 Å². The summed E-state index contributed by atoms with van der Waals surface area (Å²) in [4.78, 5) is 1.34. The molecule has 0 amide bonds. The molecule has 0 atom stereocenters. The molecular formula is C13H12NS+. The van der Waals surface area contributed by atoms with E-state index in [2.05, 4.69) is 30.7 Å². The minimum Gasteiger partial charge on any atom is -0.192 e. The summed E-state index contributed by atoms with van der Waals surface area (Å²) in [5.41, 5.74) is 0.764. The lowest BCUT2D eigenvalue weighted by molar-refractivity contribution is 1.47. The monoisotopic (exact) mass is 214 g/mol. The van der Waals surface area contributed by atoms with Crippen molar-refractivity contribution >= 4 is 21.7 Å². The van der Waals surface area contributed by atoms with Crippen LogP contribution in [0, 0.1) is 11.3 Å². The summed E-state index contributed by atoms with van der Waals surface area (Å²) < 4.78 is 0. The number of rotatable bonds is 1. The van der Waals surface area contributed by atoms with E-state index in [1.807, 2.05) is 24.3 Å². The van der Waals surface area contributed by atoms with Crippen LogP contribution < -0.4 is 0 Å². The molecule has 2 aromatic rings. The van der Waals surface area contributed by atoms with Crippen molar-refractivity contribution in [2.75, 3.05) is 12.5 Å². The van der Waals surface area contributed by atoms with Gasteiger partial charge in [0.1, 0.15) is 12.5 Å². The normalized spacial score (nSPS) is 10.5. The minimum atomic E-state index is 0.227. The lowest BCUT2D eigenvalue weighted by Gasteiger charge is -2.03. The molecule has 0 spiro atoms. The van der Waals surface area contributed by atoms with Crippen LogP contribution in [0.4, 0.5) is 0 Å². The molecule has 0 aliphatic rings. The third-order valence-corrected chi connectivity index (χ3v) is 3.68. The van der Waals surface area contributed by atoms with Gasteiger partial charge in [0.25, 0.3) is 0 Å². The molecule has 0 radical (unpaired) electrons. The Hall–Kier alpha value is -1.46. The van der Waals surface area contributed by atoms with Gasteiger partial charge in [-0.2, -0.15) is 5.26 Å². The fourth-order valence-electron chi connectivity index (χ4n) is 1.72. The Morgan fingerprint density at radius 3 is 2.27 bits per heavy atom. The lowest BCUT2D eigenvalue weighted by atomic mass is 10.1. The molecule has 0 saturated carbocycles. The van der Waals surface area contributed by atoms with Gasteiger partial charge in [-0.05, 0) is 18.2 Å². The molecule has 15 heavy (non-hydrogen) atoms. The highest BCUT2D eigenvalue weighted by atomic mass is 32.2. The molecule has 0 N–H and O–H groups in total. The van der Waals surface area contributed by atoms with E-state index < -0.39 is 0 Å².